The number of hydrogen-bond donors (Lipinski definition) is 1. The highest BCUT2D eigenvalue weighted by Gasteiger charge is 2.29. The fourth-order valence-corrected chi connectivity index (χ4v) is 2.99. The first-order chi connectivity index (χ1) is 15.6. The van der Waals surface area contributed by atoms with Gasteiger partial charge >= 0.3 is 12.1 Å². The van der Waals surface area contributed by atoms with Gasteiger partial charge in [0.1, 0.15) is 17.1 Å². The van der Waals surface area contributed by atoms with E-state index < -0.39 is 24.4 Å². The van der Waals surface area contributed by atoms with Crippen molar-refractivity contribution in [2.45, 2.75) is 32.9 Å². The molecule has 1 N–H and O–H groups in total. The molecule has 0 spiro atoms. The van der Waals surface area contributed by atoms with Gasteiger partial charge in [0, 0.05) is 12.0 Å². The lowest BCUT2D eigenvalue weighted by Gasteiger charge is -2.17. The molecule has 0 saturated carbocycles. The van der Waals surface area contributed by atoms with Crippen molar-refractivity contribution in [2.24, 2.45) is 0 Å². The summed E-state index contributed by atoms with van der Waals surface area (Å²) in [6, 6.07) is 6.01. The van der Waals surface area contributed by atoms with E-state index in [1.807, 2.05) is 19.9 Å². The van der Waals surface area contributed by atoms with Gasteiger partial charge in [-0.1, -0.05) is 35.9 Å². The number of aromatic hydroxyl groups is 1. The second-order valence-electron chi connectivity index (χ2n) is 7.49. The molecule has 2 rings (SSSR count). The number of hydrogen-bond acceptors (Lipinski definition) is 4. The molecule has 4 nitrogen and oxygen atoms in total. The number of benzene rings is 2. The molecule has 0 aromatic heterocycles. The SMILES string of the molecule is COC(=O)c1c(/C=C/c2ccc(C(F)(F)F)cc2)cc(OCCCF)c(CC=C(C)C)c1O. The van der Waals surface area contributed by atoms with Crippen molar-refractivity contribution in [1.29, 1.82) is 0 Å². The Labute approximate surface area is 190 Å². The van der Waals surface area contributed by atoms with Gasteiger partial charge in [-0.2, -0.15) is 13.2 Å². The van der Waals surface area contributed by atoms with Crippen LogP contribution in [0.5, 0.6) is 11.5 Å². The molecular weight excluding hydrogens is 440 g/mol. The van der Waals surface area contributed by atoms with E-state index in [4.69, 9.17) is 9.47 Å². The maximum absolute atomic E-state index is 12.8. The molecule has 0 atom stereocenters. The number of carbonyl (C=O) groups is 1. The van der Waals surface area contributed by atoms with E-state index in [0.29, 0.717) is 11.1 Å². The van der Waals surface area contributed by atoms with E-state index in [2.05, 4.69) is 0 Å². The van der Waals surface area contributed by atoms with Crippen LogP contribution in [0.25, 0.3) is 12.2 Å². The zero-order chi connectivity index (χ0) is 24.6. The first-order valence-electron chi connectivity index (χ1n) is 10.2. The van der Waals surface area contributed by atoms with Gasteiger partial charge in [0.15, 0.2) is 0 Å². The van der Waals surface area contributed by atoms with Crippen molar-refractivity contribution in [3.8, 4) is 11.5 Å². The summed E-state index contributed by atoms with van der Waals surface area (Å²) in [5.74, 6) is -0.837. The second kappa shape index (κ2) is 11.5. The Hall–Kier alpha value is -3.29. The fourth-order valence-electron chi connectivity index (χ4n) is 2.99. The van der Waals surface area contributed by atoms with Crippen LogP contribution in [0.1, 0.15) is 52.9 Å². The molecule has 2 aromatic rings. The Morgan fingerprint density at radius 2 is 1.79 bits per heavy atom. The number of ether oxygens (including phenoxy) is 2. The number of methoxy groups -OCH3 is 1. The summed E-state index contributed by atoms with van der Waals surface area (Å²) in [7, 11) is 1.17. The van der Waals surface area contributed by atoms with Crippen molar-refractivity contribution in [3.63, 3.8) is 0 Å². The minimum atomic E-state index is -4.45. The Morgan fingerprint density at radius 1 is 1.12 bits per heavy atom. The molecule has 0 saturated heterocycles. The number of carbonyl (C=O) groups excluding carboxylic acids is 1. The normalized spacial score (nSPS) is 11.5. The smallest absolute Gasteiger partial charge is 0.416 e. The Bertz CT molecular complexity index is 1020. The van der Waals surface area contributed by atoms with Crippen LogP contribution < -0.4 is 4.74 Å². The summed E-state index contributed by atoms with van der Waals surface area (Å²) < 4.78 is 61.4. The highest BCUT2D eigenvalue weighted by atomic mass is 19.4. The molecule has 0 aliphatic rings. The van der Waals surface area contributed by atoms with Gasteiger partial charge < -0.3 is 14.6 Å². The molecule has 0 radical (unpaired) electrons. The van der Waals surface area contributed by atoms with Gasteiger partial charge in [0.25, 0.3) is 0 Å². The average Bonchev–Trinajstić information content (AvgIpc) is 2.76. The van der Waals surface area contributed by atoms with Gasteiger partial charge in [0.05, 0.1) is 26.0 Å². The molecule has 178 valence electrons. The molecule has 0 aliphatic heterocycles. The summed E-state index contributed by atoms with van der Waals surface area (Å²) >= 11 is 0. The summed E-state index contributed by atoms with van der Waals surface area (Å²) in [5.41, 5.74) is 1.15. The van der Waals surface area contributed by atoms with E-state index in [1.54, 1.807) is 0 Å². The zero-order valence-electron chi connectivity index (χ0n) is 18.6. The predicted molar refractivity (Wildman–Crippen MR) is 119 cm³/mol. The molecule has 0 unspecified atom stereocenters. The number of phenols is 1. The van der Waals surface area contributed by atoms with Crippen LogP contribution in [0, 0.1) is 0 Å². The van der Waals surface area contributed by atoms with Crippen LogP contribution in [0.15, 0.2) is 42.0 Å². The predicted octanol–water partition coefficient (Wildman–Crippen LogP) is 6.62. The highest BCUT2D eigenvalue weighted by Crippen LogP contribution is 2.37. The van der Waals surface area contributed by atoms with Crippen molar-refractivity contribution in [1.82, 2.24) is 0 Å². The lowest BCUT2D eigenvalue weighted by atomic mass is 9.97. The van der Waals surface area contributed by atoms with Crippen LogP contribution in [0.4, 0.5) is 17.6 Å². The molecule has 0 heterocycles. The van der Waals surface area contributed by atoms with Gasteiger partial charge in [-0.25, -0.2) is 4.79 Å². The van der Waals surface area contributed by atoms with Gasteiger partial charge in [-0.05, 0) is 49.6 Å². The number of allylic oxidation sites excluding steroid dienone is 2. The Kier molecular flexibility index (Phi) is 9.08. The summed E-state index contributed by atoms with van der Waals surface area (Å²) in [6.07, 6.45) is 0.795. The van der Waals surface area contributed by atoms with Crippen molar-refractivity contribution >= 4 is 18.1 Å². The third kappa shape index (κ3) is 7.10. The van der Waals surface area contributed by atoms with Crippen molar-refractivity contribution in [2.75, 3.05) is 20.4 Å². The van der Waals surface area contributed by atoms with E-state index in [0.717, 1.165) is 17.7 Å². The largest absolute Gasteiger partial charge is 0.507 e. The lowest BCUT2D eigenvalue weighted by molar-refractivity contribution is -0.137. The fraction of sp³-hybridized carbons (Fsp3) is 0.320. The maximum atomic E-state index is 12.8. The number of halogens is 4. The van der Waals surface area contributed by atoms with Crippen LogP contribution >= 0.6 is 0 Å². The number of alkyl halides is 4. The van der Waals surface area contributed by atoms with Gasteiger partial charge in [-0.15, -0.1) is 0 Å². The molecule has 2 aromatic carbocycles. The minimum Gasteiger partial charge on any atom is -0.507 e. The average molecular weight is 466 g/mol. The van der Waals surface area contributed by atoms with Crippen LogP contribution in [0.2, 0.25) is 0 Å². The number of esters is 1. The third-order valence-electron chi connectivity index (χ3n) is 4.73. The van der Waals surface area contributed by atoms with Crippen LogP contribution in [-0.2, 0) is 17.3 Å². The van der Waals surface area contributed by atoms with E-state index in [-0.39, 0.29) is 42.1 Å². The maximum Gasteiger partial charge on any atom is 0.416 e. The van der Waals surface area contributed by atoms with E-state index >= 15 is 0 Å². The Balaban J connectivity index is 2.55. The minimum absolute atomic E-state index is 0.0669. The summed E-state index contributed by atoms with van der Waals surface area (Å²) in [6.45, 7) is 3.25. The molecule has 8 heteroatoms. The third-order valence-corrected chi connectivity index (χ3v) is 4.73. The van der Waals surface area contributed by atoms with Crippen molar-refractivity contribution in [3.05, 3.63) is 69.8 Å². The Morgan fingerprint density at radius 3 is 2.33 bits per heavy atom. The number of phenolic OH excluding ortho intramolecular Hbond substituents is 1. The standard InChI is InChI=1S/C25H26F4O4/c1-16(2)5-12-20-21(33-14-4-13-26)15-18(22(23(20)30)24(31)32-3)9-6-17-7-10-19(11-8-17)25(27,28)29/h5-11,15,30H,4,12-14H2,1-3H3/b9-6+. The lowest BCUT2D eigenvalue weighted by Crippen LogP contribution is -2.09. The first-order valence-corrected chi connectivity index (χ1v) is 10.2. The highest BCUT2D eigenvalue weighted by molar-refractivity contribution is 5.98. The molecule has 0 aliphatic carbocycles. The van der Waals surface area contributed by atoms with Crippen LogP contribution in [-0.4, -0.2) is 31.5 Å². The van der Waals surface area contributed by atoms with Crippen molar-refractivity contribution < 1.29 is 36.9 Å². The molecular formula is C25H26F4O4. The van der Waals surface area contributed by atoms with Gasteiger partial charge in [0.2, 0.25) is 0 Å². The number of rotatable bonds is 9. The monoisotopic (exact) mass is 466 g/mol. The first kappa shape index (κ1) is 26.0. The topological polar surface area (TPSA) is 55.8 Å². The molecule has 0 amide bonds. The quantitative estimate of drug-likeness (QED) is 0.148. The second-order valence-corrected chi connectivity index (χ2v) is 7.49. The van der Waals surface area contributed by atoms with E-state index in [1.165, 1.54) is 37.5 Å². The summed E-state index contributed by atoms with van der Waals surface area (Å²) in [4.78, 5) is 12.4. The zero-order valence-corrected chi connectivity index (χ0v) is 18.6. The molecule has 0 fully saturated rings. The van der Waals surface area contributed by atoms with Crippen LogP contribution in [0.3, 0.4) is 0 Å². The van der Waals surface area contributed by atoms with Gasteiger partial charge in [-0.3, -0.25) is 4.39 Å². The summed E-state index contributed by atoms with van der Waals surface area (Å²) in [5, 5.41) is 10.9. The molecule has 0 bridgehead atoms. The van der Waals surface area contributed by atoms with E-state index in [9.17, 15) is 27.5 Å². The molecule has 33 heavy (non-hydrogen) atoms.